The maximum absolute atomic E-state index is 12.5. The first kappa shape index (κ1) is 20.7. The molecule has 1 aliphatic rings. The molecule has 1 aromatic heterocycles. The minimum Gasteiger partial charge on any atom is -0.493 e. The molecule has 4 rings (SSSR count). The Kier molecular flexibility index (Phi) is 6.35. The van der Waals surface area contributed by atoms with Crippen molar-refractivity contribution in [1.29, 1.82) is 0 Å². The molecule has 0 spiro atoms. The number of rotatable bonds is 7. The molecule has 1 amide bonds. The maximum atomic E-state index is 12.5. The summed E-state index contributed by atoms with van der Waals surface area (Å²) in [6.45, 7) is 1.94. The van der Waals surface area contributed by atoms with Gasteiger partial charge in [-0.1, -0.05) is 35.5 Å². The van der Waals surface area contributed by atoms with Crippen LogP contribution in [0.1, 0.15) is 18.4 Å². The fraction of sp³-hybridized carbons (Fsp3) is 0.348. The van der Waals surface area contributed by atoms with Crippen LogP contribution in [-0.2, 0) is 11.3 Å². The van der Waals surface area contributed by atoms with Gasteiger partial charge in [0.05, 0.1) is 14.2 Å². The largest absolute Gasteiger partial charge is 0.493 e. The first-order valence-electron chi connectivity index (χ1n) is 10.3. The third-order valence-electron chi connectivity index (χ3n) is 5.50. The average molecular weight is 422 g/mol. The number of nitrogens with one attached hydrogen (secondary N) is 1. The number of hydrogen-bond acceptors (Lipinski definition) is 7. The van der Waals surface area contributed by atoms with Crippen molar-refractivity contribution in [3.05, 3.63) is 54.1 Å². The molecule has 1 aliphatic heterocycles. The van der Waals surface area contributed by atoms with Gasteiger partial charge in [-0.3, -0.25) is 4.79 Å². The highest BCUT2D eigenvalue weighted by atomic mass is 16.5. The van der Waals surface area contributed by atoms with E-state index in [2.05, 4.69) is 15.5 Å². The molecule has 1 saturated heterocycles. The van der Waals surface area contributed by atoms with E-state index in [1.807, 2.05) is 53.4 Å². The number of carbonyl (C=O) groups is 1. The third-order valence-corrected chi connectivity index (χ3v) is 5.50. The number of methoxy groups -OCH3 is 2. The van der Waals surface area contributed by atoms with Crippen LogP contribution < -0.4 is 19.7 Å². The predicted octanol–water partition coefficient (Wildman–Crippen LogP) is 3.29. The molecule has 0 saturated carbocycles. The molecule has 1 N–H and O–H groups in total. The molecule has 0 radical (unpaired) electrons. The second-order valence-electron chi connectivity index (χ2n) is 7.44. The minimum absolute atomic E-state index is 0.00629. The van der Waals surface area contributed by atoms with Crippen LogP contribution in [0.2, 0.25) is 0 Å². The topological polar surface area (TPSA) is 89.7 Å². The number of anilines is 1. The monoisotopic (exact) mass is 422 g/mol. The number of amides is 1. The summed E-state index contributed by atoms with van der Waals surface area (Å²) in [4.78, 5) is 19.1. The summed E-state index contributed by atoms with van der Waals surface area (Å²) in [7, 11) is 3.18. The van der Waals surface area contributed by atoms with Crippen LogP contribution in [0.3, 0.4) is 0 Å². The van der Waals surface area contributed by atoms with E-state index in [0.717, 1.165) is 24.0 Å². The van der Waals surface area contributed by atoms with E-state index >= 15 is 0 Å². The summed E-state index contributed by atoms with van der Waals surface area (Å²) in [6.07, 6.45) is 1.49. The van der Waals surface area contributed by atoms with Gasteiger partial charge in [-0.2, -0.15) is 4.98 Å². The normalized spacial score (nSPS) is 14.3. The van der Waals surface area contributed by atoms with Crippen molar-refractivity contribution in [3.63, 3.8) is 0 Å². The van der Waals surface area contributed by atoms with Crippen molar-refractivity contribution in [2.45, 2.75) is 19.4 Å². The fourth-order valence-electron chi connectivity index (χ4n) is 3.70. The number of nitrogens with zero attached hydrogens (tertiary/aromatic N) is 3. The van der Waals surface area contributed by atoms with Crippen molar-refractivity contribution < 1.29 is 18.8 Å². The zero-order valence-electron chi connectivity index (χ0n) is 17.7. The van der Waals surface area contributed by atoms with E-state index < -0.39 is 0 Å². The lowest BCUT2D eigenvalue weighted by atomic mass is 9.96. The van der Waals surface area contributed by atoms with Crippen LogP contribution in [0.25, 0.3) is 11.4 Å². The van der Waals surface area contributed by atoms with Crippen molar-refractivity contribution in [1.82, 2.24) is 15.5 Å². The molecule has 1 fully saturated rings. The molecule has 0 atom stereocenters. The molecule has 8 heteroatoms. The van der Waals surface area contributed by atoms with E-state index in [9.17, 15) is 4.79 Å². The summed E-state index contributed by atoms with van der Waals surface area (Å²) in [5, 5.41) is 7.14. The van der Waals surface area contributed by atoms with Crippen LogP contribution in [-0.4, -0.2) is 43.4 Å². The van der Waals surface area contributed by atoms with Gasteiger partial charge in [-0.15, -0.1) is 0 Å². The molecule has 31 heavy (non-hydrogen) atoms. The van der Waals surface area contributed by atoms with Gasteiger partial charge < -0.3 is 24.2 Å². The first-order chi connectivity index (χ1) is 15.2. The molecule has 2 aromatic carbocycles. The smallest absolute Gasteiger partial charge is 0.324 e. The van der Waals surface area contributed by atoms with Gasteiger partial charge in [0.15, 0.2) is 11.5 Å². The van der Waals surface area contributed by atoms with E-state index in [4.69, 9.17) is 14.0 Å². The van der Waals surface area contributed by atoms with E-state index in [0.29, 0.717) is 43.0 Å². The van der Waals surface area contributed by atoms with Crippen molar-refractivity contribution in [2.24, 2.45) is 5.92 Å². The lowest BCUT2D eigenvalue weighted by Crippen LogP contribution is -2.40. The SMILES string of the molecule is COc1ccc(-c2noc(N3CCC(C(=O)NCc4ccccc4)CC3)n2)cc1OC. The summed E-state index contributed by atoms with van der Waals surface area (Å²) in [5.41, 5.74) is 1.88. The van der Waals surface area contributed by atoms with Crippen LogP contribution >= 0.6 is 0 Å². The molecule has 162 valence electrons. The second-order valence-corrected chi connectivity index (χ2v) is 7.44. The predicted molar refractivity (Wildman–Crippen MR) is 116 cm³/mol. The van der Waals surface area contributed by atoms with Crippen LogP contribution in [0, 0.1) is 5.92 Å². The summed E-state index contributed by atoms with van der Waals surface area (Å²) in [5.74, 6) is 1.82. The summed E-state index contributed by atoms with van der Waals surface area (Å²) < 4.78 is 16.1. The molecule has 3 aromatic rings. The molecule has 0 aliphatic carbocycles. The van der Waals surface area contributed by atoms with Crippen LogP contribution in [0.4, 0.5) is 6.01 Å². The molecule has 8 nitrogen and oxygen atoms in total. The Bertz CT molecular complexity index is 1010. The molecular formula is C23H26N4O4. The quantitative estimate of drug-likeness (QED) is 0.625. The Labute approximate surface area is 181 Å². The van der Waals surface area contributed by atoms with Gasteiger partial charge in [0, 0.05) is 31.1 Å². The number of piperidine rings is 1. The van der Waals surface area contributed by atoms with Gasteiger partial charge >= 0.3 is 6.01 Å². The standard InChI is InChI=1S/C23H26N4O4/c1-29-19-9-8-18(14-20(19)30-2)21-25-23(31-26-21)27-12-10-17(11-13-27)22(28)24-15-16-6-4-3-5-7-16/h3-9,14,17H,10-13,15H2,1-2H3,(H,24,28). The molecule has 2 heterocycles. The van der Waals surface area contributed by atoms with Crippen molar-refractivity contribution in [2.75, 3.05) is 32.2 Å². The molecular weight excluding hydrogens is 396 g/mol. The summed E-state index contributed by atoms with van der Waals surface area (Å²) >= 11 is 0. The van der Waals surface area contributed by atoms with E-state index in [1.54, 1.807) is 14.2 Å². The number of ether oxygens (including phenoxy) is 2. The van der Waals surface area contributed by atoms with Gasteiger partial charge in [0.1, 0.15) is 0 Å². The van der Waals surface area contributed by atoms with E-state index in [1.165, 1.54) is 0 Å². The number of benzene rings is 2. The maximum Gasteiger partial charge on any atom is 0.324 e. The molecule has 0 bridgehead atoms. The number of hydrogen-bond donors (Lipinski definition) is 1. The highest BCUT2D eigenvalue weighted by Crippen LogP contribution is 2.32. The summed E-state index contributed by atoms with van der Waals surface area (Å²) in [6, 6.07) is 15.9. The van der Waals surface area contributed by atoms with Crippen molar-refractivity contribution in [3.8, 4) is 22.9 Å². The Hall–Kier alpha value is -3.55. The van der Waals surface area contributed by atoms with Crippen LogP contribution in [0.5, 0.6) is 11.5 Å². The Morgan fingerprint density at radius 2 is 1.84 bits per heavy atom. The zero-order valence-corrected chi connectivity index (χ0v) is 17.7. The Morgan fingerprint density at radius 1 is 1.10 bits per heavy atom. The highest BCUT2D eigenvalue weighted by Gasteiger charge is 2.27. The van der Waals surface area contributed by atoms with Gasteiger partial charge in [-0.25, -0.2) is 0 Å². The van der Waals surface area contributed by atoms with E-state index in [-0.39, 0.29) is 11.8 Å². The zero-order chi connectivity index (χ0) is 21.6. The van der Waals surface area contributed by atoms with Gasteiger partial charge in [0.2, 0.25) is 11.7 Å². The average Bonchev–Trinajstić information content (AvgIpc) is 3.33. The highest BCUT2D eigenvalue weighted by molar-refractivity contribution is 5.79. The van der Waals surface area contributed by atoms with Crippen LogP contribution in [0.15, 0.2) is 53.1 Å². The Morgan fingerprint density at radius 3 is 2.55 bits per heavy atom. The molecule has 0 unspecified atom stereocenters. The van der Waals surface area contributed by atoms with Gasteiger partial charge in [-0.05, 0) is 36.6 Å². The number of carbonyl (C=O) groups excluding carboxylic acids is 1. The number of aromatic nitrogens is 2. The lowest BCUT2D eigenvalue weighted by Gasteiger charge is -2.29. The third kappa shape index (κ3) is 4.79. The van der Waals surface area contributed by atoms with Gasteiger partial charge in [0.25, 0.3) is 0 Å². The second kappa shape index (κ2) is 9.51. The first-order valence-corrected chi connectivity index (χ1v) is 10.3. The fourth-order valence-corrected chi connectivity index (χ4v) is 3.70. The van der Waals surface area contributed by atoms with Crippen molar-refractivity contribution >= 4 is 11.9 Å². The Balaban J connectivity index is 1.33. The minimum atomic E-state index is -0.00629. The lowest BCUT2D eigenvalue weighted by molar-refractivity contribution is -0.125.